The maximum atomic E-state index is 4.43. The van der Waals surface area contributed by atoms with E-state index in [0.717, 1.165) is 32.6 Å². The standard InChI is InChI=1S/C7H16N3/c1-2-3-9-7-6-8-4-5-10-7/h7-8,10H,2-6H2,1H3. The second kappa shape index (κ2) is 4.66. The summed E-state index contributed by atoms with van der Waals surface area (Å²) in [7, 11) is 0. The Bertz CT molecular complexity index is 78.9. The molecular weight excluding hydrogens is 126 g/mol. The molecule has 1 fully saturated rings. The zero-order chi connectivity index (χ0) is 7.23. The number of piperazine rings is 1. The second-order valence-electron chi connectivity index (χ2n) is 2.58. The van der Waals surface area contributed by atoms with Gasteiger partial charge in [0, 0.05) is 26.2 Å². The van der Waals surface area contributed by atoms with Crippen molar-refractivity contribution in [2.75, 3.05) is 26.2 Å². The second-order valence-corrected chi connectivity index (χ2v) is 2.58. The van der Waals surface area contributed by atoms with Gasteiger partial charge in [-0.2, -0.15) is 0 Å². The molecule has 0 aromatic heterocycles. The van der Waals surface area contributed by atoms with Crippen molar-refractivity contribution in [3.8, 4) is 0 Å². The third-order valence-electron chi connectivity index (χ3n) is 1.59. The predicted molar refractivity (Wildman–Crippen MR) is 42.0 cm³/mol. The highest BCUT2D eigenvalue weighted by atomic mass is 15.2. The van der Waals surface area contributed by atoms with Gasteiger partial charge in [-0.3, -0.25) is 5.32 Å². The van der Waals surface area contributed by atoms with Crippen molar-refractivity contribution in [2.45, 2.75) is 19.5 Å². The molecule has 1 unspecified atom stereocenters. The molecule has 3 nitrogen and oxygen atoms in total. The minimum absolute atomic E-state index is 0.369. The third kappa shape index (κ3) is 2.64. The van der Waals surface area contributed by atoms with Crippen LogP contribution in [0.4, 0.5) is 0 Å². The van der Waals surface area contributed by atoms with Gasteiger partial charge in [0.2, 0.25) is 0 Å². The van der Waals surface area contributed by atoms with E-state index in [1.807, 2.05) is 0 Å². The minimum atomic E-state index is 0.369. The zero-order valence-corrected chi connectivity index (χ0v) is 6.56. The normalized spacial score (nSPS) is 26.7. The number of rotatable bonds is 3. The maximum Gasteiger partial charge on any atom is 0.0862 e. The first-order chi connectivity index (χ1) is 4.93. The predicted octanol–water partition coefficient (Wildman–Crippen LogP) is -0.480. The Morgan fingerprint density at radius 2 is 2.40 bits per heavy atom. The van der Waals surface area contributed by atoms with Crippen LogP contribution in [0.2, 0.25) is 0 Å². The molecule has 10 heavy (non-hydrogen) atoms. The molecule has 1 radical (unpaired) electrons. The van der Waals surface area contributed by atoms with Crippen LogP contribution >= 0.6 is 0 Å². The summed E-state index contributed by atoms with van der Waals surface area (Å²) in [5.41, 5.74) is 0. The van der Waals surface area contributed by atoms with E-state index in [4.69, 9.17) is 0 Å². The Hall–Kier alpha value is -0.120. The van der Waals surface area contributed by atoms with Crippen LogP contribution in [0, 0.1) is 0 Å². The highest BCUT2D eigenvalue weighted by Crippen LogP contribution is 1.84. The number of hydrogen-bond acceptors (Lipinski definition) is 2. The van der Waals surface area contributed by atoms with E-state index < -0.39 is 0 Å². The van der Waals surface area contributed by atoms with Crippen LogP contribution in [-0.4, -0.2) is 32.3 Å². The van der Waals surface area contributed by atoms with Crippen molar-refractivity contribution in [2.24, 2.45) is 0 Å². The van der Waals surface area contributed by atoms with Gasteiger partial charge in [-0.05, 0) is 6.42 Å². The van der Waals surface area contributed by atoms with Crippen LogP contribution in [0.5, 0.6) is 0 Å². The average Bonchev–Trinajstić information content (AvgIpc) is 2.03. The monoisotopic (exact) mass is 142 g/mol. The Kier molecular flexibility index (Phi) is 3.72. The Morgan fingerprint density at radius 3 is 3.00 bits per heavy atom. The Balaban J connectivity index is 2.02. The molecule has 0 aromatic rings. The summed E-state index contributed by atoms with van der Waals surface area (Å²) < 4.78 is 0. The molecule has 0 aromatic carbocycles. The van der Waals surface area contributed by atoms with E-state index >= 15 is 0 Å². The topological polar surface area (TPSA) is 38.2 Å². The summed E-state index contributed by atoms with van der Waals surface area (Å²) in [6.07, 6.45) is 1.52. The molecule has 0 bridgehead atoms. The van der Waals surface area contributed by atoms with E-state index in [1.54, 1.807) is 0 Å². The van der Waals surface area contributed by atoms with Crippen molar-refractivity contribution in [1.29, 1.82) is 0 Å². The van der Waals surface area contributed by atoms with E-state index in [1.165, 1.54) is 0 Å². The molecule has 2 N–H and O–H groups in total. The van der Waals surface area contributed by atoms with Crippen molar-refractivity contribution < 1.29 is 0 Å². The number of nitrogens with one attached hydrogen (secondary N) is 2. The van der Waals surface area contributed by atoms with Crippen LogP contribution in [0.15, 0.2) is 0 Å². The summed E-state index contributed by atoms with van der Waals surface area (Å²) in [5.74, 6) is 0. The van der Waals surface area contributed by atoms with Gasteiger partial charge in [0.05, 0.1) is 6.17 Å². The fourth-order valence-corrected chi connectivity index (χ4v) is 1.05. The van der Waals surface area contributed by atoms with Gasteiger partial charge in [-0.1, -0.05) is 6.92 Å². The molecule has 1 saturated heterocycles. The summed E-state index contributed by atoms with van der Waals surface area (Å²) in [4.78, 5) is 0. The number of hydrogen-bond donors (Lipinski definition) is 2. The summed E-state index contributed by atoms with van der Waals surface area (Å²) in [6, 6.07) is 0. The third-order valence-corrected chi connectivity index (χ3v) is 1.59. The van der Waals surface area contributed by atoms with Crippen LogP contribution in [0.3, 0.4) is 0 Å². The van der Waals surface area contributed by atoms with Crippen LogP contribution in [-0.2, 0) is 0 Å². The zero-order valence-electron chi connectivity index (χ0n) is 6.56. The highest BCUT2D eigenvalue weighted by Gasteiger charge is 2.10. The van der Waals surface area contributed by atoms with Gasteiger partial charge in [0.25, 0.3) is 0 Å². The fraction of sp³-hybridized carbons (Fsp3) is 1.00. The molecule has 1 atom stereocenters. The van der Waals surface area contributed by atoms with E-state index in [2.05, 4.69) is 22.9 Å². The van der Waals surface area contributed by atoms with E-state index in [0.29, 0.717) is 6.17 Å². The summed E-state index contributed by atoms with van der Waals surface area (Å²) >= 11 is 0. The molecule has 0 spiro atoms. The molecule has 3 heteroatoms. The molecule has 0 amide bonds. The summed E-state index contributed by atoms with van der Waals surface area (Å²) in [5, 5.41) is 11.0. The first kappa shape index (κ1) is 7.98. The van der Waals surface area contributed by atoms with Crippen LogP contribution in [0.1, 0.15) is 13.3 Å². The molecule has 1 heterocycles. The minimum Gasteiger partial charge on any atom is -0.313 e. The number of nitrogens with zero attached hydrogens (tertiary/aromatic N) is 1. The quantitative estimate of drug-likeness (QED) is 0.558. The van der Waals surface area contributed by atoms with Crippen molar-refractivity contribution in [1.82, 2.24) is 16.0 Å². The smallest absolute Gasteiger partial charge is 0.0862 e. The SMILES string of the molecule is CCC[N]C1CNCCN1. The van der Waals surface area contributed by atoms with Gasteiger partial charge >= 0.3 is 0 Å². The molecule has 59 valence electrons. The van der Waals surface area contributed by atoms with Crippen LogP contribution < -0.4 is 16.0 Å². The molecule has 1 rings (SSSR count). The molecule has 1 aliphatic heterocycles. The van der Waals surface area contributed by atoms with Crippen molar-refractivity contribution in [3.63, 3.8) is 0 Å². The lowest BCUT2D eigenvalue weighted by Gasteiger charge is -2.23. The molecule has 1 aliphatic rings. The van der Waals surface area contributed by atoms with E-state index in [9.17, 15) is 0 Å². The molecule has 0 aliphatic carbocycles. The van der Waals surface area contributed by atoms with Gasteiger partial charge in [-0.15, -0.1) is 0 Å². The highest BCUT2D eigenvalue weighted by molar-refractivity contribution is 4.72. The van der Waals surface area contributed by atoms with E-state index in [-0.39, 0.29) is 0 Å². The molecule has 0 saturated carbocycles. The molecular formula is C7H16N3. The fourth-order valence-electron chi connectivity index (χ4n) is 1.05. The lowest BCUT2D eigenvalue weighted by atomic mass is 10.3. The van der Waals surface area contributed by atoms with Gasteiger partial charge in [0.15, 0.2) is 0 Å². The van der Waals surface area contributed by atoms with Crippen molar-refractivity contribution >= 4 is 0 Å². The first-order valence-electron chi connectivity index (χ1n) is 4.04. The lowest BCUT2D eigenvalue weighted by Crippen LogP contribution is -2.52. The Morgan fingerprint density at radius 1 is 1.50 bits per heavy atom. The van der Waals surface area contributed by atoms with Gasteiger partial charge in [0.1, 0.15) is 0 Å². The first-order valence-corrected chi connectivity index (χ1v) is 4.04. The van der Waals surface area contributed by atoms with Gasteiger partial charge < -0.3 is 5.32 Å². The van der Waals surface area contributed by atoms with Crippen LogP contribution in [0.25, 0.3) is 0 Å². The average molecular weight is 142 g/mol. The van der Waals surface area contributed by atoms with Crippen molar-refractivity contribution in [3.05, 3.63) is 0 Å². The largest absolute Gasteiger partial charge is 0.313 e. The van der Waals surface area contributed by atoms with Gasteiger partial charge in [-0.25, -0.2) is 5.32 Å². The lowest BCUT2D eigenvalue weighted by molar-refractivity contribution is 0.355. The summed E-state index contributed by atoms with van der Waals surface area (Å²) in [6.45, 7) is 6.27. The Labute approximate surface area is 62.6 Å². The maximum absolute atomic E-state index is 4.43.